The fourth-order valence-electron chi connectivity index (χ4n) is 3.69. The van der Waals surface area contributed by atoms with Gasteiger partial charge in [0.25, 0.3) is 5.92 Å². The third-order valence-corrected chi connectivity index (χ3v) is 5.02. The average Bonchev–Trinajstić information content (AvgIpc) is 2.56. The van der Waals surface area contributed by atoms with E-state index in [1.54, 1.807) is 19.1 Å². The standard InChI is InChI=1S/C20H28F2O2/c1-3-5-15-6-8-16(9-7-15)17-10-12-18(13-11-17)20(21,22)14-19(23)24-4-2/h10-13,15-16H,3-9,14H2,1-2H3. The Morgan fingerprint density at radius 3 is 2.29 bits per heavy atom. The Morgan fingerprint density at radius 2 is 1.75 bits per heavy atom. The molecule has 0 aromatic heterocycles. The number of alkyl halides is 2. The average molecular weight is 338 g/mol. The van der Waals surface area contributed by atoms with Crippen LogP contribution in [-0.4, -0.2) is 12.6 Å². The quantitative estimate of drug-likeness (QED) is 0.587. The van der Waals surface area contributed by atoms with Crippen molar-refractivity contribution in [3.8, 4) is 0 Å². The summed E-state index contributed by atoms with van der Waals surface area (Å²) in [5.41, 5.74) is 1.03. The monoisotopic (exact) mass is 338 g/mol. The third kappa shape index (κ3) is 5.02. The van der Waals surface area contributed by atoms with Crippen LogP contribution in [-0.2, 0) is 15.5 Å². The topological polar surface area (TPSA) is 26.3 Å². The highest BCUT2D eigenvalue weighted by Crippen LogP contribution is 2.39. The van der Waals surface area contributed by atoms with Crippen LogP contribution < -0.4 is 0 Å². The second kappa shape index (κ2) is 8.59. The van der Waals surface area contributed by atoms with Crippen LogP contribution >= 0.6 is 0 Å². The molecule has 0 amide bonds. The molecule has 134 valence electrons. The zero-order valence-corrected chi connectivity index (χ0v) is 14.7. The van der Waals surface area contributed by atoms with Gasteiger partial charge >= 0.3 is 5.97 Å². The SMILES string of the molecule is CCCC1CCC(c2ccc(C(F)(F)CC(=O)OCC)cc2)CC1. The first kappa shape index (κ1) is 18.9. The van der Waals surface area contributed by atoms with E-state index in [0.717, 1.165) is 24.3 Å². The van der Waals surface area contributed by atoms with E-state index in [2.05, 4.69) is 11.7 Å². The minimum Gasteiger partial charge on any atom is -0.466 e. The zero-order valence-electron chi connectivity index (χ0n) is 14.7. The Bertz CT molecular complexity index is 517. The number of ether oxygens (including phenoxy) is 1. The Labute approximate surface area is 143 Å². The van der Waals surface area contributed by atoms with Crippen molar-refractivity contribution in [2.75, 3.05) is 6.61 Å². The van der Waals surface area contributed by atoms with E-state index >= 15 is 0 Å². The lowest BCUT2D eigenvalue weighted by Crippen LogP contribution is -2.20. The molecular weight excluding hydrogens is 310 g/mol. The van der Waals surface area contributed by atoms with Crippen LogP contribution in [0.4, 0.5) is 8.78 Å². The van der Waals surface area contributed by atoms with Gasteiger partial charge in [-0.2, -0.15) is 0 Å². The summed E-state index contributed by atoms with van der Waals surface area (Å²) in [5.74, 6) is -2.73. The summed E-state index contributed by atoms with van der Waals surface area (Å²) in [5, 5.41) is 0. The number of carbonyl (C=O) groups is 1. The van der Waals surface area contributed by atoms with Crippen LogP contribution in [0, 0.1) is 5.92 Å². The highest BCUT2D eigenvalue weighted by molar-refractivity contribution is 5.70. The number of carbonyl (C=O) groups excluding carboxylic acids is 1. The van der Waals surface area contributed by atoms with Crippen molar-refractivity contribution < 1.29 is 18.3 Å². The minimum absolute atomic E-state index is 0.112. The first-order valence-electron chi connectivity index (χ1n) is 9.10. The molecule has 0 atom stereocenters. The molecule has 0 bridgehead atoms. The number of esters is 1. The summed E-state index contributed by atoms with van der Waals surface area (Å²) in [6, 6.07) is 6.54. The molecule has 1 aliphatic carbocycles. The van der Waals surface area contributed by atoms with Crippen molar-refractivity contribution in [2.24, 2.45) is 5.92 Å². The van der Waals surface area contributed by atoms with Crippen LogP contribution in [0.2, 0.25) is 0 Å². The molecule has 2 rings (SSSR count). The molecule has 2 nitrogen and oxygen atoms in total. The van der Waals surface area contributed by atoms with Gasteiger partial charge in [-0.1, -0.05) is 44.0 Å². The molecule has 1 aromatic rings. The van der Waals surface area contributed by atoms with E-state index in [4.69, 9.17) is 0 Å². The van der Waals surface area contributed by atoms with Crippen LogP contribution in [0.1, 0.15) is 75.8 Å². The lowest BCUT2D eigenvalue weighted by molar-refractivity contribution is -0.151. The van der Waals surface area contributed by atoms with Crippen LogP contribution in [0.25, 0.3) is 0 Å². The smallest absolute Gasteiger partial charge is 0.312 e. The fraction of sp³-hybridized carbons (Fsp3) is 0.650. The molecule has 4 heteroatoms. The molecule has 0 saturated heterocycles. The molecule has 1 saturated carbocycles. The van der Waals surface area contributed by atoms with E-state index in [1.807, 2.05) is 0 Å². The zero-order chi connectivity index (χ0) is 17.6. The molecule has 1 fully saturated rings. The Hall–Kier alpha value is -1.45. The van der Waals surface area contributed by atoms with Crippen molar-refractivity contribution in [1.29, 1.82) is 0 Å². The second-order valence-electron chi connectivity index (χ2n) is 6.81. The molecule has 0 aliphatic heterocycles. The van der Waals surface area contributed by atoms with Gasteiger partial charge in [-0.25, -0.2) is 8.78 Å². The molecule has 0 spiro atoms. The molecular formula is C20H28F2O2. The summed E-state index contributed by atoms with van der Waals surface area (Å²) in [6.07, 6.45) is 6.39. The van der Waals surface area contributed by atoms with Crippen molar-refractivity contribution in [3.05, 3.63) is 35.4 Å². The van der Waals surface area contributed by atoms with Gasteiger partial charge in [0.2, 0.25) is 0 Å². The highest BCUT2D eigenvalue weighted by atomic mass is 19.3. The second-order valence-corrected chi connectivity index (χ2v) is 6.81. The van der Waals surface area contributed by atoms with Gasteiger partial charge < -0.3 is 4.74 Å². The van der Waals surface area contributed by atoms with E-state index in [9.17, 15) is 13.6 Å². The molecule has 0 heterocycles. The van der Waals surface area contributed by atoms with E-state index in [0.29, 0.717) is 5.92 Å². The van der Waals surface area contributed by atoms with Crippen LogP contribution in [0.5, 0.6) is 0 Å². The normalized spacial score (nSPS) is 21.5. The number of halogens is 2. The number of hydrogen-bond donors (Lipinski definition) is 0. The predicted octanol–water partition coefficient (Wildman–Crippen LogP) is 5.81. The minimum atomic E-state index is -3.18. The predicted molar refractivity (Wildman–Crippen MR) is 91.2 cm³/mol. The van der Waals surface area contributed by atoms with Crippen molar-refractivity contribution in [2.45, 2.75) is 70.6 Å². The fourth-order valence-corrected chi connectivity index (χ4v) is 3.69. The maximum atomic E-state index is 14.1. The molecule has 0 N–H and O–H groups in total. The maximum Gasteiger partial charge on any atom is 0.312 e. The molecule has 0 radical (unpaired) electrons. The van der Waals surface area contributed by atoms with Crippen molar-refractivity contribution in [1.82, 2.24) is 0 Å². The van der Waals surface area contributed by atoms with Crippen LogP contribution in [0.3, 0.4) is 0 Å². The van der Waals surface area contributed by atoms with Crippen LogP contribution in [0.15, 0.2) is 24.3 Å². The Kier molecular flexibility index (Phi) is 6.76. The van der Waals surface area contributed by atoms with Gasteiger partial charge in [0, 0.05) is 5.56 Å². The van der Waals surface area contributed by atoms with Gasteiger partial charge in [-0.05, 0) is 50.0 Å². The van der Waals surface area contributed by atoms with Gasteiger partial charge in [-0.3, -0.25) is 4.79 Å². The first-order chi connectivity index (χ1) is 11.5. The summed E-state index contributed by atoms with van der Waals surface area (Å²) >= 11 is 0. The largest absolute Gasteiger partial charge is 0.466 e. The molecule has 1 aliphatic rings. The Balaban J connectivity index is 1.96. The van der Waals surface area contributed by atoms with Gasteiger partial charge in [0.1, 0.15) is 6.42 Å². The number of rotatable bonds is 7. The number of benzene rings is 1. The maximum absolute atomic E-state index is 14.1. The first-order valence-corrected chi connectivity index (χ1v) is 9.10. The van der Waals surface area contributed by atoms with Gasteiger partial charge in [0.05, 0.1) is 6.61 Å². The molecule has 0 unspecified atom stereocenters. The Morgan fingerprint density at radius 1 is 1.12 bits per heavy atom. The lowest BCUT2D eigenvalue weighted by Gasteiger charge is -2.29. The lowest BCUT2D eigenvalue weighted by atomic mass is 9.77. The molecule has 1 aromatic carbocycles. The number of hydrogen-bond acceptors (Lipinski definition) is 2. The van der Waals surface area contributed by atoms with E-state index in [1.165, 1.54) is 37.8 Å². The van der Waals surface area contributed by atoms with Gasteiger partial charge in [-0.15, -0.1) is 0 Å². The van der Waals surface area contributed by atoms with E-state index < -0.39 is 18.3 Å². The summed E-state index contributed by atoms with van der Waals surface area (Å²) in [7, 11) is 0. The molecule has 24 heavy (non-hydrogen) atoms. The van der Waals surface area contributed by atoms with E-state index in [-0.39, 0.29) is 12.2 Å². The third-order valence-electron chi connectivity index (χ3n) is 5.02. The van der Waals surface area contributed by atoms with Crippen molar-refractivity contribution in [3.63, 3.8) is 0 Å². The van der Waals surface area contributed by atoms with Crippen molar-refractivity contribution >= 4 is 5.97 Å². The summed E-state index contributed by atoms with van der Waals surface area (Å²) in [4.78, 5) is 11.3. The summed E-state index contributed by atoms with van der Waals surface area (Å²) < 4.78 is 32.9. The highest BCUT2D eigenvalue weighted by Gasteiger charge is 2.35. The summed E-state index contributed by atoms with van der Waals surface area (Å²) in [6.45, 7) is 3.95. The van der Waals surface area contributed by atoms with Gasteiger partial charge in [0.15, 0.2) is 0 Å².